The van der Waals surface area contributed by atoms with Gasteiger partial charge in [0.25, 0.3) is 0 Å². The number of pyridine rings is 1. The van der Waals surface area contributed by atoms with Gasteiger partial charge in [0, 0.05) is 13.2 Å². The zero-order valence-corrected chi connectivity index (χ0v) is 11.6. The molecule has 0 bridgehead atoms. The quantitative estimate of drug-likeness (QED) is 0.568. The highest BCUT2D eigenvalue weighted by atomic mass is 16.5. The van der Waals surface area contributed by atoms with Crippen molar-refractivity contribution in [1.29, 1.82) is 0 Å². The van der Waals surface area contributed by atoms with Crippen molar-refractivity contribution >= 4 is 11.0 Å². The zero-order valence-electron chi connectivity index (χ0n) is 11.6. The Labute approximate surface area is 123 Å². The SMILES string of the molecule is Cn1c(=O)n(Cc2nc(-c3ccco3)no2)c2cnccc21. The lowest BCUT2D eigenvalue weighted by molar-refractivity contribution is 0.370. The molecule has 8 heteroatoms. The van der Waals surface area contributed by atoms with Crippen molar-refractivity contribution in [2.75, 3.05) is 0 Å². The molecule has 0 amide bonds. The molecule has 0 saturated heterocycles. The van der Waals surface area contributed by atoms with E-state index in [0.717, 1.165) is 5.52 Å². The van der Waals surface area contributed by atoms with Crippen molar-refractivity contribution in [3.63, 3.8) is 0 Å². The lowest BCUT2D eigenvalue weighted by Gasteiger charge is -1.97. The molecule has 22 heavy (non-hydrogen) atoms. The Balaban J connectivity index is 1.76. The maximum Gasteiger partial charge on any atom is 0.329 e. The van der Waals surface area contributed by atoms with Crippen molar-refractivity contribution in [3.05, 3.63) is 53.2 Å². The van der Waals surface area contributed by atoms with Crippen LogP contribution in [0.2, 0.25) is 0 Å². The first-order valence-electron chi connectivity index (χ1n) is 6.60. The van der Waals surface area contributed by atoms with Crippen LogP contribution in [-0.2, 0) is 13.6 Å². The molecule has 0 saturated carbocycles. The first kappa shape index (κ1) is 12.6. The summed E-state index contributed by atoms with van der Waals surface area (Å²) in [5.41, 5.74) is 1.35. The monoisotopic (exact) mass is 297 g/mol. The molecule has 0 N–H and O–H groups in total. The van der Waals surface area contributed by atoms with Crippen molar-refractivity contribution in [2.24, 2.45) is 7.05 Å². The molecular formula is C14H11N5O3. The molecule has 0 aliphatic rings. The smallest absolute Gasteiger partial charge is 0.329 e. The third-order valence-electron chi connectivity index (χ3n) is 3.45. The van der Waals surface area contributed by atoms with E-state index in [4.69, 9.17) is 8.94 Å². The third kappa shape index (κ3) is 1.85. The average Bonchev–Trinajstić information content (AvgIpc) is 3.25. The second-order valence-electron chi connectivity index (χ2n) is 4.78. The van der Waals surface area contributed by atoms with E-state index in [9.17, 15) is 4.79 Å². The number of fused-ring (bicyclic) bond motifs is 1. The highest BCUT2D eigenvalue weighted by molar-refractivity contribution is 5.74. The molecule has 4 aromatic rings. The van der Waals surface area contributed by atoms with Crippen molar-refractivity contribution in [3.8, 4) is 11.6 Å². The van der Waals surface area contributed by atoms with Gasteiger partial charge >= 0.3 is 5.69 Å². The molecular weight excluding hydrogens is 286 g/mol. The standard InChI is InChI=1S/C14H11N5O3/c1-18-9-4-5-15-7-10(9)19(14(18)20)8-12-16-13(17-22-12)11-3-2-6-21-11/h2-7H,8H2,1H3. The molecule has 0 spiro atoms. The van der Waals surface area contributed by atoms with E-state index in [2.05, 4.69) is 15.1 Å². The summed E-state index contributed by atoms with van der Waals surface area (Å²) in [5, 5.41) is 3.85. The van der Waals surface area contributed by atoms with E-state index in [1.807, 2.05) is 0 Å². The molecule has 0 fully saturated rings. The van der Waals surface area contributed by atoms with Crippen LogP contribution in [0.5, 0.6) is 0 Å². The van der Waals surface area contributed by atoms with Crippen LogP contribution in [0.4, 0.5) is 0 Å². The van der Waals surface area contributed by atoms with Crippen molar-refractivity contribution < 1.29 is 8.94 Å². The van der Waals surface area contributed by atoms with Crippen LogP contribution >= 0.6 is 0 Å². The van der Waals surface area contributed by atoms with E-state index in [1.54, 1.807) is 46.8 Å². The van der Waals surface area contributed by atoms with Crippen LogP contribution in [-0.4, -0.2) is 24.3 Å². The summed E-state index contributed by atoms with van der Waals surface area (Å²) in [6, 6.07) is 5.27. The van der Waals surface area contributed by atoms with Gasteiger partial charge < -0.3 is 8.94 Å². The average molecular weight is 297 g/mol. The normalized spacial score (nSPS) is 11.3. The minimum Gasteiger partial charge on any atom is -0.461 e. The van der Waals surface area contributed by atoms with E-state index in [-0.39, 0.29) is 12.2 Å². The summed E-state index contributed by atoms with van der Waals surface area (Å²) < 4.78 is 13.5. The summed E-state index contributed by atoms with van der Waals surface area (Å²) in [4.78, 5) is 20.6. The number of aryl methyl sites for hydroxylation is 1. The Kier molecular flexibility index (Phi) is 2.68. The Bertz CT molecular complexity index is 993. The molecule has 4 aromatic heterocycles. The number of furan rings is 1. The van der Waals surface area contributed by atoms with E-state index in [0.29, 0.717) is 23.0 Å². The van der Waals surface area contributed by atoms with Gasteiger partial charge in [0.2, 0.25) is 11.7 Å². The minimum absolute atomic E-state index is 0.166. The maximum absolute atomic E-state index is 12.3. The zero-order chi connectivity index (χ0) is 15.1. The van der Waals surface area contributed by atoms with Gasteiger partial charge in [-0.15, -0.1) is 0 Å². The van der Waals surface area contributed by atoms with E-state index >= 15 is 0 Å². The Hall–Kier alpha value is -3.16. The first-order valence-corrected chi connectivity index (χ1v) is 6.60. The largest absolute Gasteiger partial charge is 0.461 e. The molecule has 4 rings (SSSR count). The maximum atomic E-state index is 12.3. The van der Waals surface area contributed by atoms with Crippen LogP contribution < -0.4 is 5.69 Å². The molecule has 110 valence electrons. The minimum atomic E-state index is -0.166. The number of rotatable bonds is 3. The molecule has 0 aliphatic carbocycles. The van der Waals surface area contributed by atoms with Gasteiger partial charge in [0.05, 0.1) is 23.5 Å². The van der Waals surface area contributed by atoms with Gasteiger partial charge in [-0.05, 0) is 18.2 Å². The highest BCUT2D eigenvalue weighted by Gasteiger charge is 2.15. The van der Waals surface area contributed by atoms with Crippen LogP contribution in [0, 0.1) is 0 Å². The third-order valence-corrected chi connectivity index (χ3v) is 3.45. The summed E-state index contributed by atoms with van der Waals surface area (Å²) in [6.07, 6.45) is 4.82. The number of hydrogen-bond acceptors (Lipinski definition) is 6. The molecule has 0 aromatic carbocycles. The van der Waals surface area contributed by atoms with E-state index < -0.39 is 0 Å². The van der Waals surface area contributed by atoms with E-state index in [1.165, 1.54) is 6.26 Å². The lowest BCUT2D eigenvalue weighted by Crippen LogP contribution is -2.22. The molecule has 4 heterocycles. The van der Waals surface area contributed by atoms with Gasteiger partial charge in [0.15, 0.2) is 5.76 Å². The van der Waals surface area contributed by atoms with Gasteiger partial charge in [-0.1, -0.05) is 5.16 Å². The molecule has 0 atom stereocenters. The molecule has 0 aliphatic heterocycles. The van der Waals surface area contributed by atoms with Crippen LogP contribution in [0.3, 0.4) is 0 Å². The topological polar surface area (TPSA) is 91.9 Å². The highest BCUT2D eigenvalue weighted by Crippen LogP contribution is 2.17. The fourth-order valence-electron chi connectivity index (χ4n) is 2.37. The predicted molar refractivity (Wildman–Crippen MR) is 76.1 cm³/mol. The Morgan fingerprint density at radius 1 is 1.27 bits per heavy atom. The summed E-state index contributed by atoms with van der Waals surface area (Å²) in [5.74, 6) is 1.19. The number of aromatic nitrogens is 5. The first-order chi connectivity index (χ1) is 10.7. The van der Waals surface area contributed by atoms with Crippen LogP contribution in [0.1, 0.15) is 5.89 Å². The van der Waals surface area contributed by atoms with Gasteiger partial charge in [-0.25, -0.2) is 4.79 Å². The Morgan fingerprint density at radius 2 is 2.18 bits per heavy atom. The number of imidazole rings is 1. The fraction of sp³-hybridized carbons (Fsp3) is 0.143. The molecule has 0 unspecified atom stereocenters. The molecule has 8 nitrogen and oxygen atoms in total. The van der Waals surface area contributed by atoms with Crippen molar-refractivity contribution in [1.82, 2.24) is 24.3 Å². The second-order valence-corrected chi connectivity index (χ2v) is 4.78. The Morgan fingerprint density at radius 3 is 3.00 bits per heavy atom. The number of nitrogens with zero attached hydrogens (tertiary/aromatic N) is 5. The van der Waals surface area contributed by atoms with Gasteiger partial charge in [0.1, 0.15) is 6.54 Å². The lowest BCUT2D eigenvalue weighted by atomic mass is 10.4. The van der Waals surface area contributed by atoms with Crippen LogP contribution in [0.25, 0.3) is 22.6 Å². The summed E-state index contributed by atoms with van der Waals surface area (Å²) >= 11 is 0. The summed E-state index contributed by atoms with van der Waals surface area (Å²) in [6.45, 7) is 0.176. The number of hydrogen-bond donors (Lipinski definition) is 0. The van der Waals surface area contributed by atoms with Gasteiger partial charge in [-0.2, -0.15) is 4.98 Å². The second kappa shape index (κ2) is 4.69. The fourth-order valence-corrected chi connectivity index (χ4v) is 2.37. The van der Waals surface area contributed by atoms with Crippen molar-refractivity contribution in [2.45, 2.75) is 6.54 Å². The van der Waals surface area contributed by atoms with Crippen LogP contribution in [0.15, 0.2) is 50.6 Å². The summed E-state index contributed by atoms with van der Waals surface area (Å²) in [7, 11) is 1.71. The molecule has 0 radical (unpaired) electrons. The van der Waals surface area contributed by atoms with Gasteiger partial charge in [-0.3, -0.25) is 14.1 Å². The predicted octanol–water partition coefficient (Wildman–Crippen LogP) is 1.43.